The summed E-state index contributed by atoms with van der Waals surface area (Å²) in [4.78, 5) is 2.41. The van der Waals surface area contributed by atoms with E-state index in [0.29, 0.717) is 6.04 Å². The first kappa shape index (κ1) is 13.4. The van der Waals surface area contributed by atoms with Gasteiger partial charge in [-0.25, -0.2) is 0 Å². The number of aryl methyl sites for hydroxylation is 1. The normalized spacial score (nSPS) is 27.4. The van der Waals surface area contributed by atoms with Crippen molar-refractivity contribution < 1.29 is 5.11 Å². The fourth-order valence-corrected chi connectivity index (χ4v) is 3.00. The summed E-state index contributed by atoms with van der Waals surface area (Å²) in [5.74, 6) is 0. The molecule has 1 aliphatic carbocycles. The third-order valence-electron chi connectivity index (χ3n) is 4.05. The van der Waals surface area contributed by atoms with Gasteiger partial charge in [0, 0.05) is 23.8 Å². The number of aliphatic hydroxyl groups is 1. The third kappa shape index (κ3) is 2.68. The molecule has 0 bridgehead atoms. The standard InChI is InChI=1S/C15H24N2O/c1-3-17(13-6-4-5-12(2)9-13)14-7-8-15(16,10-14)11-18/h4-6,9,14,18H,3,7-8,10-11,16H2,1-2H3. The largest absolute Gasteiger partial charge is 0.394 e. The number of anilines is 1. The molecule has 0 saturated heterocycles. The van der Waals surface area contributed by atoms with Gasteiger partial charge in [-0.1, -0.05) is 12.1 Å². The Hall–Kier alpha value is -1.06. The van der Waals surface area contributed by atoms with E-state index in [2.05, 4.69) is 43.0 Å². The van der Waals surface area contributed by atoms with Gasteiger partial charge in [-0.3, -0.25) is 0 Å². The first-order chi connectivity index (χ1) is 8.58. The van der Waals surface area contributed by atoms with Gasteiger partial charge >= 0.3 is 0 Å². The molecule has 2 unspecified atom stereocenters. The van der Waals surface area contributed by atoms with E-state index in [9.17, 15) is 5.11 Å². The van der Waals surface area contributed by atoms with Crippen LogP contribution in [0.25, 0.3) is 0 Å². The molecule has 2 rings (SSSR count). The van der Waals surface area contributed by atoms with Crippen LogP contribution in [0.2, 0.25) is 0 Å². The highest BCUT2D eigenvalue weighted by molar-refractivity contribution is 5.49. The van der Waals surface area contributed by atoms with E-state index in [-0.39, 0.29) is 12.1 Å². The van der Waals surface area contributed by atoms with Crippen molar-refractivity contribution in [3.05, 3.63) is 29.8 Å². The van der Waals surface area contributed by atoms with E-state index >= 15 is 0 Å². The van der Waals surface area contributed by atoms with Crippen LogP contribution in [0.1, 0.15) is 31.7 Å². The molecule has 1 aliphatic rings. The maximum absolute atomic E-state index is 9.37. The van der Waals surface area contributed by atoms with Crippen molar-refractivity contribution in [2.45, 2.75) is 44.7 Å². The number of hydrogen-bond donors (Lipinski definition) is 2. The Morgan fingerprint density at radius 1 is 1.50 bits per heavy atom. The summed E-state index contributed by atoms with van der Waals surface area (Å²) in [6.07, 6.45) is 2.86. The highest BCUT2D eigenvalue weighted by Crippen LogP contribution is 2.33. The molecule has 100 valence electrons. The van der Waals surface area contributed by atoms with Crippen LogP contribution in [0, 0.1) is 6.92 Å². The SMILES string of the molecule is CCN(c1cccc(C)c1)C1CCC(N)(CO)C1. The number of nitrogens with two attached hydrogens (primary N) is 1. The van der Waals surface area contributed by atoms with Crippen LogP contribution in [0.4, 0.5) is 5.69 Å². The van der Waals surface area contributed by atoms with Crippen molar-refractivity contribution >= 4 is 5.69 Å². The maximum atomic E-state index is 9.37. The molecule has 3 nitrogen and oxygen atoms in total. The molecule has 0 aromatic heterocycles. The van der Waals surface area contributed by atoms with Crippen molar-refractivity contribution in [2.75, 3.05) is 18.1 Å². The Kier molecular flexibility index (Phi) is 3.93. The molecule has 1 fully saturated rings. The molecule has 1 aromatic rings. The maximum Gasteiger partial charge on any atom is 0.0612 e. The summed E-state index contributed by atoms with van der Waals surface area (Å²) < 4.78 is 0. The molecule has 3 N–H and O–H groups in total. The molecule has 0 heterocycles. The van der Waals surface area contributed by atoms with Crippen LogP contribution in [0.5, 0.6) is 0 Å². The lowest BCUT2D eigenvalue weighted by atomic mass is 10.00. The zero-order valence-electron chi connectivity index (χ0n) is 11.4. The van der Waals surface area contributed by atoms with Crippen molar-refractivity contribution in [3.8, 4) is 0 Å². The first-order valence-corrected chi connectivity index (χ1v) is 6.81. The highest BCUT2D eigenvalue weighted by Gasteiger charge is 2.37. The number of hydrogen-bond acceptors (Lipinski definition) is 3. The minimum atomic E-state index is -0.373. The van der Waals surface area contributed by atoms with E-state index in [0.717, 1.165) is 25.8 Å². The van der Waals surface area contributed by atoms with Gasteiger partial charge in [0.25, 0.3) is 0 Å². The Morgan fingerprint density at radius 2 is 2.28 bits per heavy atom. The summed E-state index contributed by atoms with van der Waals surface area (Å²) in [5.41, 5.74) is 8.35. The van der Waals surface area contributed by atoms with Gasteiger partial charge in [-0.15, -0.1) is 0 Å². The minimum absolute atomic E-state index is 0.0921. The molecule has 2 atom stereocenters. The molecule has 0 spiro atoms. The summed E-state index contributed by atoms with van der Waals surface area (Å²) >= 11 is 0. The van der Waals surface area contributed by atoms with Crippen molar-refractivity contribution in [3.63, 3.8) is 0 Å². The lowest BCUT2D eigenvalue weighted by Gasteiger charge is -2.31. The molecule has 1 aromatic carbocycles. The second kappa shape index (κ2) is 5.29. The van der Waals surface area contributed by atoms with Crippen LogP contribution in [-0.2, 0) is 0 Å². The quantitative estimate of drug-likeness (QED) is 0.857. The smallest absolute Gasteiger partial charge is 0.0612 e. The van der Waals surface area contributed by atoms with Crippen LogP contribution in [0.3, 0.4) is 0 Å². The Bertz CT molecular complexity index is 407. The molecule has 1 saturated carbocycles. The van der Waals surface area contributed by atoms with E-state index in [1.165, 1.54) is 11.3 Å². The number of rotatable bonds is 4. The molecule has 3 heteroatoms. The molecular weight excluding hydrogens is 224 g/mol. The zero-order valence-corrected chi connectivity index (χ0v) is 11.4. The van der Waals surface area contributed by atoms with Gasteiger partial charge < -0.3 is 15.7 Å². The third-order valence-corrected chi connectivity index (χ3v) is 4.05. The number of nitrogens with zero attached hydrogens (tertiary/aromatic N) is 1. The molecule has 0 aliphatic heterocycles. The predicted molar refractivity (Wildman–Crippen MR) is 75.8 cm³/mol. The van der Waals surface area contributed by atoms with Gasteiger partial charge in [0.05, 0.1) is 6.61 Å². The summed E-state index contributed by atoms with van der Waals surface area (Å²) in [6, 6.07) is 9.05. The van der Waals surface area contributed by atoms with Gasteiger partial charge in [0.2, 0.25) is 0 Å². The molecule has 18 heavy (non-hydrogen) atoms. The Balaban J connectivity index is 2.15. The van der Waals surface area contributed by atoms with E-state index in [4.69, 9.17) is 5.73 Å². The lowest BCUT2D eigenvalue weighted by Crippen LogP contribution is -2.43. The average molecular weight is 248 g/mol. The van der Waals surface area contributed by atoms with E-state index in [1.54, 1.807) is 0 Å². The highest BCUT2D eigenvalue weighted by atomic mass is 16.3. The molecule has 0 radical (unpaired) electrons. The Labute approximate surface area is 110 Å². The average Bonchev–Trinajstić information content (AvgIpc) is 2.74. The minimum Gasteiger partial charge on any atom is -0.394 e. The van der Waals surface area contributed by atoms with Crippen LogP contribution < -0.4 is 10.6 Å². The second-order valence-corrected chi connectivity index (χ2v) is 5.54. The topological polar surface area (TPSA) is 49.5 Å². The fourth-order valence-electron chi connectivity index (χ4n) is 3.00. The monoisotopic (exact) mass is 248 g/mol. The predicted octanol–water partition coefficient (Wildman–Crippen LogP) is 2.06. The second-order valence-electron chi connectivity index (χ2n) is 5.54. The lowest BCUT2D eigenvalue weighted by molar-refractivity contribution is 0.198. The van der Waals surface area contributed by atoms with Gasteiger partial charge in [-0.05, 0) is 50.8 Å². The van der Waals surface area contributed by atoms with Gasteiger partial charge in [0.1, 0.15) is 0 Å². The van der Waals surface area contributed by atoms with Gasteiger partial charge in [-0.2, -0.15) is 0 Å². The fraction of sp³-hybridized carbons (Fsp3) is 0.600. The van der Waals surface area contributed by atoms with Crippen molar-refractivity contribution in [1.82, 2.24) is 0 Å². The molecular formula is C15H24N2O. The number of benzene rings is 1. The Morgan fingerprint density at radius 3 is 2.83 bits per heavy atom. The molecule has 0 amide bonds. The van der Waals surface area contributed by atoms with Crippen LogP contribution >= 0.6 is 0 Å². The van der Waals surface area contributed by atoms with Crippen LogP contribution in [-0.4, -0.2) is 29.8 Å². The first-order valence-electron chi connectivity index (χ1n) is 6.81. The summed E-state index contributed by atoms with van der Waals surface area (Å²) in [7, 11) is 0. The van der Waals surface area contributed by atoms with Gasteiger partial charge in [0.15, 0.2) is 0 Å². The van der Waals surface area contributed by atoms with Crippen molar-refractivity contribution in [2.24, 2.45) is 5.73 Å². The van der Waals surface area contributed by atoms with E-state index < -0.39 is 0 Å². The van der Waals surface area contributed by atoms with Crippen molar-refractivity contribution in [1.29, 1.82) is 0 Å². The zero-order chi connectivity index (χ0) is 13.2. The number of aliphatic hydroxyl groups excluding tert-OH is 1. The summed E-state index contributed by atoms with van der Waals surface area (Å²) in [6.45, 7) is 5.37. The van der Waals surface area contributed by atoms with Crippen LogP contribution in [0.15, 0.2) is 24.3 Å². The van der Waals surface area contributed by atoms with E-state index in [1.807, 2.05) is 0 Å². The summed E-state index contributed by atoms with van der Waals surface area (Å²) in [5, 5.41) is 9.37.